The van der Waals surface area contributed by atoms with Gasteiger partial charge < -0.3 is 19.7 Å². The van der Waals surface area contributed by atoms with Gasteiger partial charge in [-0.15, -0.1) is 5.10 Å². The van der Waals surface area contributed by atoms with Crippen LogP contribution < -0.4 is 9.64 Å². The summed E-state index contributed by atoms with van der Waals surface area (Å²) in [6.07, 6.45) is -1.82. The van der Waals surface area contributed by atoms with Crippen LogP contribution in [0.2, 0.25) is 0 Å². The second-order valence-electron chi connectivity index (χ2n) is 5.68. The third kappa shape index (κ3) is 3.24. The Balaban J connectivity index is 1.90. The van der Waals surface area contributed by atoms with Gasteiger partial charge in [0.2, 0.25) is 5.88 Å². The van der Waals surface area contributed by atoms with E-state index in [1.54, 1.807) is 29.1 Å². The molecular weight excluding hydrogens is 344 g/mol. The number of rotatable bonds is 5. The van der Waals surface area contributed by atoms with Crippen LogP contribution >= 0.6 is 0 Å². The second kappa shape index (κ2) is 7.10. The summed E-state index contributed by atoms with van der Waals surface area (Å²) in [6, 6.07) is 5.13. The predicted octanol–water partition coefficient (Wildman–Crippen LogP) is -0.238. The fourth-order valence-electron chi connectivity index (χ4n) is 2.68. The van der Waals surface area contributed by atoms with Crippen LogP contribution in [0.4, 0.5) is 5.82 Å². The van der Waals surface area contributed by atoms with Crippen LogP contribution in [-0.2, 0) is 14.3 Å². The van der Waals surface area contributed by atoms with E-state index < -0.39 is 24.1 Å². The minimum Gasteiger partial charge on any atom is -0.481 e. The first-order valence-corrected chi connectivity index (χ1v) is 7.83. The van der Waals surface area contributed by atoms with E-state index in [1.807, 2.05) is 6.92 Å². The van der Waals surface area contributed by atoms with E-state index in [-0.39, 0.29) is 13.2 Å². The molecule has 138 valence electrons. The Morgan fingerprint density at radius 1 is 1.46 bits per heavy atom. The van der Waals surface area contributed by atoms with Crippen LogP contribution in [0, 0.1) is 6.92 Å². The summed E-state index contributed by atoms with van der Waals surface area (Å²) in [5.74, 6) is -1.40. The monoisotopic (exact) mass is 362 g/mol. The number of aromatic nitrogens is 3. The number of ether oxygens (including phenoxy) is 2. The average molecular weight is 362 g/mol. The Hall–Kier alpha value is -2.98. The van der Waals surface area contributed by atoms with Crippen molar-refractivity contribution in [3.05, 3.63) is 30.1 Å². The van der Waals surface area contributed by atoms with Crippen molar-refractivity contribution in [2.45, 2.75) is 19.1 Å². The molecule has 3 rings (SSSR count). The van der Waals surface area contributed by atoms with Crippen LogP contribution in [-0.4, -0.2) is 69.3 Å². The van der Waals surface area contributed by atoms with E-state index in [9.17, 15) is 14.7 Å². The van der Waals surface area contributed by atoms with E-state index in [0.717, 1.165) is 5.69 Å². The number of carbonyl (C=O) groups excluding carboxylic acids is 1. The molecule has 2 aromatic rings. The summed E-state index contributed by atoms with van der Waals surface area (Å²) in [5, 5.41) is 23.0. The Morgan fingerprint density at radius 3 is 2.92 bits per heavy atom. The summed E-state index contributed by atoms with van der Waals surface area (Å²) < 4.78 is 11.9. The number of hydrogen-bond acceptors (Lipinski definition) is 7. The summed E-state index contributed by atoms with van der Waals surface area (Å²) >= 11 is 0. The number of carbonyl (C=O) groups is 2. The van der Waals surface area contributed by atoms with Crippen LogP contribution in [0.3, 0.4) is 0 Å². The number of aryl methyl sites for hydroxylation is 1. The fraction of sp³-hybridized carbons (Fsp3) is 0.375. The minimum absolute atomic E-state index is 0.0930. The molecule has 26 heavy (non-hydrogen) atoms. The SMILES string of the molecule is COc1cc(-n2nc(N3CCO[C@H](C(O)C(=O)O)C3=O)cc2C)ccn1. The van der Waals surface area contributed by atoms with Crippen molar-refractivity contribution >= 4 is 17.7 Å². The number of morpholine rings is 1. The number of methoxy groups -OCH3 is 1. The van der Waals surface area contributed by atoms with Gasteiger partial charge in [-0.3, -0.25) is 9.69 Å². The molecule has 0 radical (unpaired) electrons. The number of carboxylic acid groups (broad SMARTS) is 1. The maximum atomic E-state index is 12.5. The lowest BCUT2D eigenvalue weighted by Gasteiger charge is -2.31. The van der Waals surface area contributed by atoms with Gasteiger partial charge >= 0.3 is 5.97 Å². The topological polar surface area (TPSA) is 127 Å². The Kier molecular flexibility index (Phi) is 4.87. The second-order valence-corrected chi connectivity index (χ2v) is 5.68. The number of aliphatic hydroxyl groups excluding tert-OH is 1. The molecule has 0 spiro atoms. The zero-order valence-electron chi connectivity index (χ0n) is 14.2. The number of pyridine rings is 1. The van der Waals surface area contributed by atoms with Crippen LogP contribution in [0.25, 0.3) is 5.69 Å². The van der Waals surface area contributed by atoms with Crippen molar-refractivity contribution in [3.63, 3.8) is 0 Å². The first-order chi connectivity index (χ1) is 12.4. The Labute approximate surface area is 148 Å². The fourth-order valence-corrected chi connectivity index (χ4v) is 2.68. The first-order valence-electron chi connectivity index (χ1n) is 7.83. The van der Waals surface area contributed by atoms with Crippen molar-refractivity contribution in [2.24, 2.45) is 0 Å². The van der Waals surface area contributed by atoms with E-state index in [0.29, 0.717) is 17.4 Å². The lowest BCUT2D eigenvalue weighted by molar-refractivity contribution is -0.163. The molecule has 2 aromatic heterocycles. The van der Waals surface area contributed by atoms with E-state index in [4.69, 9.17) is 14.6 Å². The zero-order chi connectivity index (χ0) is 18.8. The third-order valence-electron chi connectivity index (χ3n) is 3.98. The van der Waals surface area contributed by atoms with Crippen molar-refractivity contribution in [3.8, 4) is 11.6 Å². The highest BCUT2D eigenvalue weighted by atomic mass is 16.5. The van der Waals surface area contributed by atoms with E-state index in [2.05, 4.69) is 10.1 Å². The van der Waals surface area contributed by atoms with Gasteiger partial charge in [0, 0.05) is 24.0 Å². The molecule has 0 saturated carbocycles. The molecule has 0 aromatic carbocycles. The number of hydrogen-bond donors (Lipinski definition) is 2. The number of nitrogens with zero attached hydrogens (tertiary/aromatic N) is 4. The van der Waals surface area contributed by atoms with Gasteiger partial charge in [0.15, 0.2) is 18.0 Å². The maximum Gasteiger partial charge on any atom is 0.335 e. The Morgan fingerprint density at radius 2 is 2.23 bits per heavy atom. The van der Waals surface area contributed by atoms with E-state index >= 15 is 0 Å². The smallest absolute Gasteiger partial charge is 0.335 e. The number of aliphatic hydroxyl groups is 1. The Bertz CT molecular complexity index is 836. The lowest BCUT2D eigenvalue weighted by Crippen LogP contribution is -2.54. The predicted molar refractivity (Wildman–Crippen MR) is 88.4 cm³/mol. The van der Waals surface area contributed by atoms with Gasteiger partial charge in [-0.05, 0) is 13.0 Å². The molecule has 1 fully saturated rings. The van der Waals surface area contributed by atoms with Crippen molar-refractivity contribution in [1.82, 2.24) is 14.8 Å². The summed E-state index contributed by atoms with van der Waals surface area (Å²) in [5.41, 5.74) is 1.45. The lowest BCUT2D eigenvalue weighted by atomic mass is 10.1. The molecule has 10 heteroatoms. The molecule has 1 saturated heterocycles. The molecular formula is C16H18N4O6. The maximum absolute atomic E-state index is 12.5. The quantitative estimate of drug-likeness (QED) is 0.746. The van der Waals surface area contributed by atoms with Crippen LogP contribution in [0.1, 0.15) is 5.69 Å². The molecule has 1 unspecified atom stereocenters. The van der Waals surface area contributed by atoms with Gasteiger partial charge in [0.05, 0.1) is 25.9 Å². The first kappa shape index (κ1) is 17.8. The molecule has 10 nitrogen and oxygen atoms in total. The van der Waals surface area contributed by atoms with Crippen molar-refractivity contribution in [1.29, 1.82) is 0 Å². The highest BCUT2D eigenvalue weighted by Crippen LogP contribution is 2.23. The third-order valence-corrected chi connectivity index (χ3v) is 3.98. The van der Waals surface area contributed by atoms with Crippen LogP contribution in [0.15, 0.2) is 24.4 Å². The average Bonchev–Trinajstić information content (AvgIpc) is 3.02. The van der Waals surface area contributed by atoms with Gasteiger partial charge in [-0.2, -0.15) is 0 Å². The van der Waals surface area contributed by atoms with Gasteiger partial charge in [0.25, 0.3) is 5.91 Å². The summed E-state index contributed by atoms with van der Waals surface area (Å²) in [6.45, 7) is 2.12. The standard InChI is InChI=1S/C16H18N4O6/c1-9-7-11(18-20(9)10-3-4-17-12(8-10)25-2)19-5-6-26-14(15(19)22)13(21)16(23)24/h3-4,7-8,13-14,21H,5-6H2,1-2H3,(H,23,24)/t13?,14-/m1/s1. The van der Waals surface area contributed by atoms with Gasteiger partial charge in [0.1, 0.15) is 0 Å². The molecule has 2 atom stereocenters. The number of carboxylic acids is 1. The minimum atomic E-state index is -1.93. The highest BCUT2D eigenvalue weighted by Gasteiger charge is 2.40. The molecule has 3 heterocycles. The van der Waals surface area contributed by atoms with E-state index in [1.165, 1.54) is 12.0 Å². The zero-order valence-corrected chi connectivity index (χ0v) is 14.2. The number of aliphatic carboxylic acids is 1. The normalized spacial score (nSPS) is 18.7. The number of anilines is 1. The molecule has 0 aliphatic carbocycles. The van der Waals surface area contributed by atoms with Crippen molar-refractivity contribution < 1.29 is 29.3 Å². The summed E-state index contributed by atoms with van der Waals surface area (Å²) in [4.78, 5) is 28.8. The molecule has 1 aliphatic rings. The molecule has 1 aliphatic heterocycles. The molecule has 0 bridgehead atoms. The largest absolute Gasteiger partial charge is 0.481 e. The number of amides is 1. The van der Waals surface area contributed by atoms with Gasteiger partial charge in [-0.25, -0.2) is 14.5 Å². The highest BCUT2D eigenvalue weighted by molar-refractivity contribution is 5.99. The summed E-state index contributed by atoms with van der Waals surface area (Å²) in [7, 11) is 1.51. The molecule has 2 N–H and O–H groups in total. The van der Waals surface area contributed by atoms with Gasteiger partial charge in [-0.1, -0.05) is 0 Å². The molecule has 1 amide bonds. The van der Waals surface area contributed by atoms with Crippen LogP contribution in [0.5, 0.6) is 5.88 Å². The van der Waals surface area contributed by atoms with Crippen molar-refractivity contribution in [2.75, 3.05) is 25.2 Å².